The second-order valence-electron chi connectivity index (χ2n) is 3.95. The zero-order valence-corrected chi connectivity index (χ0v) is 10.1. The quantitative estimate of drug-likeness (QED) is 0.630. The van der Waals surface area contributed by atoms with Gasteiger partial charge in [-0.1, -0.05) is 43.3 Å². The van der Waals surface area contributed by atoms with E-state index in [1.54, 1.807) is 6.08 Å². The van der Waals surface area contributed by atoms with E-state index >= 15 is 0 Å². The van der Waals surface area contributed by atoms with E-state index in [0.29, 0.717) is 5.70 Å². The molecule has 1 heterocycles. The molecule has 0 aromatic heterocycles. The molecule has 3 amide bonds. The van der Waals surface area contributed by atoms with Crippen LogP contribution >= 0.6 is 0 Å². The number of carbonyl (C=O) groups is 2. The normalized spacial score (nSPS) is 17.8. The molecule has 18 heavy (non-hydrogen) atoms. The Morgan fingerprint density at radius 3 is 2.44 bits per heavy atom. The Morgan fingerprint density at radius 1 is 1.17 bits per heavy atom. The summed E-state index contributed by atoms with van der Waals surface area (Å²) in [5.74, 6) is -0.382. The van der Waals surface area contributed by atoms with E-state index in [0.717, 1.165) is 17.6 Å². The van der Waals surface area contributed by atoms with Crippen LogP contribution in [-0.2, 0) is 4.79 Å². The highest BCUT2D eigenvalue weighted by Gasteiger charge is 2.22. The van der Waals surface area contributed by atoms with Crippen molar-refractivity contribution >= 4 is 18.0 Å². The Labute approximate surface area is 105 Å². The molecule has 1 aromatic rings. The second kappa shape index (κ2) is 5.31. The summed E-state index contributed by atoms with van der Waals surface area (Å²) in [5.41, 5.74) is 2.34. The standard InChI is InChI=1S/C14H14N2O2/c1-2-10(8-11-6-4-3-5-7-11)9-12-13(17)16-14(18)15-12/h3-9H,2H2,1H3,(H2,15,16,17,18)/b10-8+,12-9-. The largest absolute Gasteiger partial charge is 0.326 e. The molecule has 1 fully saturated rings. The first kappa shape index (κ1) is 12.1. The summed E-state index contributed by atoms with van der Waals surface area (Å²) in [6.07, 6.45) is 4.47. The smallest absolute Gasteiger partial charge is 0.303 e. The van der Waals surface area contributed by atoms with Crippen LogP contribution in [-0.4, -0.2) is 11.9 Å². The summed E-state index contributed by atoms with van der Waals surface area (Å²) in [6.45, 7) is 2.00. The number of carbonyl (C=O) groups excluding carboxylic acids is 2. The molecule has 4 heteroatoms. The van der Waals surface area contributed by atoms with Crippen LogP contribution in [0.4, 0.5) is 4.79 Å². The van der Waals surface area contributed by atoms with E-state index in [4.69, 9.17) is 0 Å². The maximum Gasteiger partial charge on any atom is 0.326 e. The molecular formula is C14H14N2O2. The number of allylic oxidation sites excluding steroid dienone is 2. The van der Waals surface area contributed by atoms with Gasteiger partial charge in [0.2, 0.25) is 0 Å². The summed E-state index contributed by atoms with van der Waals surface area (Å²) in [4.78, 5) is 22.4. The number of amides is 3. The summed E-state index contributed by atoms with van der Waals surface area (Å²) < 4.78 is 0. The summed E-state index contributed by atoms with van der Waals surface area (Å²) in [6, 6.07) is 9.36. The second-order valence-corrected chi connectivity index (χ2v) is 3.95. The van der Waals surface area contributed by atoms with Crippen LogP contribution in [0.25, 0.3) is 6.08 Å². The summed E-state index contributed by atoms with van der Waals surface area (Å²) >= 11 is 0. The zero-order chi connectivity index (χ0) is 13.0. The van der Waals surface area contributed by atoms with Crippen molar-refractivity contribution in [3.63, 3.8) is 0 Å². The zero-order valence-electron chi connectivity index (χ0n) is 10.1. The molecule has 0 spiro atoms. The fourth-order valence-corrected chi connectivity index (χ4v) is 1.68. The molecule has 2 rings (SSSR count). The molecule has 0 radical (unpaired) electrons. The van der Waals surface area contributed by atoms with E-state index in [-0.39, 0.29) is 5.91 Å². The van der Waals surface area contributed by atoms with Gasteiger partial charge in [-0.25, -0.2) is 4.79 Å². The minimum atomic E-state index is -0.471. The van der Waals surface area contributed by atoms with Crippen LogP contribution in [0.3, 0.4) is 0 Å². The Balaban J connectivity index is 2.25. The molecule has 1 saturated heterocycles. The number of urea groups is 1. The molecule has 0 saturated carbocycles. The molecule has 4 nitrogen and oxygen atoms in total. The van der Waals surface area contributed by atoms with E-state index in [1.807, 2.05) is 43.3 Å². The predicted molar refractivity (Wildman–Crippen MR) is 69.5 cm³/mol. The highest BCUT2D eigenvalue weighted by molar-refractivity contribution is 6.11. The number of hydrogen-bond donors (Lipinski definition) is 2. The fraction of sp³-hybridized carbons (Fsp3) is 0.143. The first-order chi connectivity index (χ1) is 8.69. The molecule has 92 valence electrons. The van der Waals surface area contributed by atoms with E-state index in [2.05, 4.69) is 10.6 Å². The van der Waals surface area contributed by atoms with Crippen LogP contribution in [0.5, 0.6) is 0 Å². The minimum absolute atomic E-state index is 0.295. The molecule has 1 aliphatic heterocycles. The summed E-state index contributed by atoms with van der Waals surface area (Å²) in [7, 11) is 0. The molecule has 2 N–H and O–H groups in total. The molecular weight excluding hydrogens is 228 g/mol. The van der Waals surface area contributed by atoms with Crippen molar-refractivity contribution in [2.75, 3.05) is 0 Å². The molecule has 0 atom stereocenters. The van der Waals surface area contributed by atoms with E-state index in [9.17, 15) is 9.59 Å². The van der Waals surface area contributed by atoms with Crippen LogP contribution in [0.1, 0.15) is 18.9 Å². The van der Waals surface area contributed by atoms with Gasteiger partial charge in [-0.2, -0.15) is 0 Å². The van der Waals surface area contributed by atoms with Gasteiger partial charge in [-0.05, 0) is 23.6 Å². The summed E-state index contributed by atoms with van der Waals surface area (Å²) in [5, 5.41) is 4.65. The van der Waals surface area contributed by atoms with Gasteiger partial charge < -0.3 is 5.32 Å². The first-order valence-corrected chi connectivity index (χ1v) is 5.78. The average Bonchev–Trinajstić information content (AvgIpc) is 2.68. The van der Waals surface area contributed by atoms with Gasteiger partial charge >= 0.3 is 6.03 Å². The lowest BCUT2D eigenvalue weighted by molar-refractivity contribution is -0.115. The Bertz CT molecular complexity index is 530. The van der Waals surface area contributed by atoms with Crippen LogP contribution in [0.2, 0.25) is 0 Å². The lowest BCUT2D eigenvalue weighted by atomic mass is 10.1. The third-order valence-corrected chi connectivity index (χ3v) is 2.61. The Hall–Kier alpha value is -2.36. The van der Waals surface area contributed by atoms with Gasteiger partial charge in [0, 0.05) is 0 Å². The van der Waals surface area contributed by atoms with E-state index in [1.165, 1.54) is 0 Å². The minimum Gasteiger partial charge on any atom is -0.303 e. The number of imide groups is 1. The molecule has 1 aromatic carbocycles. The van der Waals surface area contributed by atoms with Crippen molar-refractivity contribution < 1.29 is 9.59 Å². The number of nitrogens with one attached hydrogen (secondary N) is 2. The third-order valence-electron chi connectivity index (χ3n) is 2.61. The van der Waals surface area contributed by atoms with Crippen molar-refractivity contribution in [2.24, 2.45) is 0 Å². The van der Waals surface area contributed by atoms with Gasteiger partial charge in [-0.15, -0.1) is 0 Å². The van der Waals surface area contributed by atoms with Gasteiger partial charge in [0.15, 0.2) is 0 Å². The Morgan fingerprint density at radius 2 is 1.89 bits per heavy atom. The predicted octanol–water partition coefficient (Wildman–Crippen LogP) is 2.20. The highest BCUT2D eigenvalue weighted by atomic mass is 16.2. The van der Waals surface area contributed by atoms with Crippen molar-refractivity contribution in [1.82, 2.24) is 10.6 Å². The van der Waals surface area contributed by atoms with Crippen molar-refractivity contribution in [3.05, 3.63) is 53.2 Å². The van der Waals surface area contributed by atoms with E-state index < -0.39 is 6.03 Å². The number of rotatable bonds is 3. The van der Waals surface area contributed by atoms with Crippen LogP contribution in [0.15, 0.2) is 47.7 Å². The fourth-order valence-electron chi connectivity index (χ4n) is 1.68. The lowest BCUT2D eigenvalue weighted by Gasteiger charge is -2.00. The maximum absolute atomic E-state index is 11.4. The SMILES string of the molecule is CCC(/C=C1\NC(=O)NC1=O)=C\c1ccccc1. The lowest BCUT2D eigenvalue weighted by Crippen LogP contribution is -2.22. The Kier molecular flexibility index (Phi) is 3.57. The highest BCUT2D eigenvalue weighted by Crippen LogP contribution is 2.13. The first-order valence-electron chi connectivity index (χ1n) is 5.78. The monoisotopic (exact) mass is 242 g/mol. The van der Waals surface area contributed by atoms with Crippen molar-refractivity contribution in [1.29, 1.82) is 0 Å². The average molecular weight is 242 g/mol. The molecule has 1 aliphatic rings. The number of hydrogen-bond acceptors (Lipinski definition) is 2. The van der Waals surface area contributed by atoms with Gasteiger partial charge in [0.25, 0.3) is 5.91 Å². The molecule has 0 aliphatic carbocycles. The molecule has 0 unspecified atom stereocenters. The topological polar surface area (TPSA) is 58.2 Å². The van der Waals surface area contributed by atoms with Gasteiger partial charge in [0.05, 0.1) is 0 Å². The van der Waals surface area contributed by atoms with Crippen molar-refractivity contribution in [2.45, 2.75) is 13.3 Å². The maximum atomic E-state index is 11.4. The van der Waals surface area contributed by atoms with Gasteiger partial charge in [0.1, 0.15) is 5.70 Å². The third kappa shape index (κ3) is 2.85. The molecule has 0 bridgehead atoms. The van der Waals surface area contributed by atoms with Gasteiger partial charge in [-0.3, -0.25) is 10.1 Å². The van der Waals surface area contributed by atoms with Crippen molar-refractivity contribution in [3.8, 4) is 0 Å². The van der Waals surface area contributed by atoms with Crippen LogP contribution in [0, 0.1) is 0 Å². The van der Waals surface area contributed by atoms with Crippen LogP contribution < -0.4 is 10.6 Å². The number of benzene rings is 1.